The van der Waals surface area contributed by atoms with E-state index in [1.165, 1.54) is 113 Å². The van der Waals surface area contributed by atoms with Gasteiger partial charge in [0.15, 0.2) is 0 Å². The first-order valence-electron chi connectivity index (χ1n) is 20.2. The summed E-state index contributed by atoms with van der Waals surface area (Å²) < 4.78 is 9.27. The monoisotopic (exact) mass is 758 g/mol. The maximum absolute atomic E-state index is 6.67. The van der Waals surface area contributed by atoms with Crippen molar-refractivity contribution in [3.05, 3.63) is 198 Å². The van der Waals surface area contributed by atoms with Crippen LogP contribution in [0.3, 0.4) is 0 Å². The van der Waals surface area contributed by atoms with Crippen LogP contribution in [-0.2, 0) is 0 Å². The van der Waals surface area contributed by atoms with Gasteiger partial charge in [-0.3, -0.25) is 0 Å². The van der Waals surface area contributed by atoms with Crippen LogP contribution in [-0.4, -0.2) is 6.10 Å². The lowest BCUT2D eigenvalue weighted by molar-refractivity contribution is 0.271. The second-order valence-electron chi connectivity index (χ2n) is 16.0. The maximum atomic E-state index is 6.67. The SMILES string of the molecule is C/C(=C\c1ccc(-c2ccc3c(c2)sc2ccc4ccc5c(c4c23)OC2C=CC=CC52)cc1C)c1c2ccccc2c(-c2cccc3ccccc23)c2ccccc12. The molecule has 2 aliphatic rings. The Morgan fingerprint density at radius 3 is 2.07 bits per heavy atom. The van der Waals surface area contributed by atoms with Crippen LogP contribution < -0.4 is 4.74 Å². The molecule has 0 saturated heterocycles. The summed E-state index contributed by atoms with van der Waals surface area (Å²) in [7, 11) is 0. The number of thiophene rings is 1. The first-order chi connectivity index (χ1) is 28.6. The van der Waals surface area contributed by atoms with Crippen molar-refractivity contribution in [1.29, 1.82) is 0 Å². The zero-order chi connectivity index (χ0) is 38.5. The van der Waals surface area contributed by atoms with E-state index in [-0.39, 0.29) is 12.0 Å². The van der Waals surface area contributed by atoms with Crippen LogP contribution in [0.2, 0.25) is 0 Å². The molecule has 0 radical (unpaired) electrons. The number of fused-ring (bicyclic) bond motifs is 12. The van der Waals surface area contributed by atoms with Crippen LogP contribution in [0.4, 0.5) is 0 Å². The average molecular weight is 759 g/mol. The van der Waals surface area contributed by atoms with E-state index >= 15 is 0 Å². The van der Waals surface area contributed by atoms with Gasteiger partial charge in [-0.15, -0.1) is 11.3 Å². The molecule has 1 aromatic heterocycles. The Labute approximate surface area is 341 Å². The van der Waals surface area contributed by atoms with Crippen LogP contribution in [0.5, 0.6) is 5.75 Å². The highest BCUT2D eigenvalue weighted by Gasteiger charge is 2.34. The van der Waals surface area contributed by atoms with Crippen molar-refractivity contribution in [2.24, 2.45) is 0 Å². The Balaban J connectivity index is 0.947. The summed E-state index contributed by atoms with van der Waals surface area (Å²) in [6, 6.07) is 56.4. The molecule has 1 nitrogen and oxygen atoms in total. The summed E-state index contributed by atoms with van der Waals surface area (Å²) in [6.45, 7) is 4.52. The summed E-state index contributed by atoms with van der Waals surface area (Å²) in [5, 5.41) is 12.7. The molecule has 2 heterocycles. The summed E-state index contributed by atoms with van der Waals surface area (Å²) in [6.07, 6.45) is 11.2. The van der Waals surface area contributed by atoms with Gasteiger partial charge < -0.3 is 4.74 Å². The largest absolute Gasteiger partial charge is 0.484 e. The number of benzene rings is 9. The quantitative estimate of drug-likeness (QED) is 0.128. The van der Waals surface area contributed by atoms with E-state index in [9.17, 15) is 0 Å². The second-order valence-corrected chi connectivity index (χ2v) is 17.1. The van der Waals surface area contributed by atoms with Gasteiger partial charge in [0.05, 0.1) is 0 Å². The first-order valence-corrected chi connectivity index (χ1v) is 21.1. The fourth-order valence-corrected chi connectivity index (χ4v) is 11.1. The summed E-state index contributed by atoms with van der Waals surface area (Å²) in [5.74, 6) is 1.33. The highest BCUT2D eigenvalue weighted by atomic mass is 32.1. The number of aryl methyl sites for hydroxylation is 1. The van der Waals surface area contributed by atoms with Crippen molar-refractivity contribution in [3.8, 4) is 28.0 Å². The van der Waals surface area contributed by atoms with E-state index in [1.807, 2.05) is 11.3 Å². The number of hydrogen-bond acceptors (Lipinski definition) is 2. The molecule has 0 N–H and O–H groups in total. The van der Waals surface area contributed by atoms with Crippen LogP contribution in [0, 0.1) is 6.92 Å². The first kappa shape index (κ1) is 33.4. The van der Waals surface area contributed by atoms with Gasteiger partial charge in [-0.1, -0.05) is 164 Å². The lowest BCUT2D eigenvalue weighted by atomic mass is 9.84. The minimum absolute atomic E-state index is 0.0715. The topological polar surface area (TPSA) is 9.23 Å². The Bertz CT molecular complexity index is 3400. The van der Waals surface area contributed by atoms with Gasteiger partial charge >= 0.3 is 0 Å². The third-order valence-electron chi connectivity index (χ3n) is 12.7. The number of rotatable bonds is 4. The second kappa shape index (κ2) is 12.9. The van der Waals surface area contributed by atoms with E-state index in [4.69, 9.17) is 4.74 Å². The average Bonchev–Trinajstić information content (AvgIpc) is 3.84. The van der Waals surface area contributed by atoms with Crippen molar-refractivity contribution in [2.45, 2.75) is 25.9 Å². The molecule has 9 aromatic carbocycles. The van der Waals surface area contributed by atoms with Gasteiger partial charge in [0, 0.05) is 37.0 Å². The van der Waals surface area contributed by atoms with Gasteiger partial charge in [-0.25, -0.2) is 0 Å². The van der Waals surface area contributed by atoms with Crippen molar-refractivity contribution < 1.29 is 4.74 Å². The fraction of sp³-hybridized carbons (Fsp3) is 0.0714. The fourth-order valence-electron chi connectivity index (χ4n) is 9.96. The minimum Gasteiger partial charge on any atom is -0.484 e. The molecule has 0 bridgehead atoms. The molecule has 12 rings (SSSR count). The lowest BCUT2D eigenvalue weighted by Gasteiger charge is -2.19. The molecule has 1 aliphatic carbocycles. The molecule has 2 unspecified atom stereocenters. The van der Waals surface area contributed by atoms with Gasteiger partial charge in [-0.2, -0.15) is 0 Å². The molecule has 0 saturated carbocycles. The van der Waals surface area contributed by atoms with E-state index in [1.54, 1.807) is 0 Å². The normalized spacial score (nSPS) is 16.2. The molecule has 10 aromatic rings. The molecule has 274 valence electrons. The molecule has 1 aliphatic heterocycles. The highest BCUT2D eigenvalue weighted by molar-refractivity contribution is 7.26. The Kier molecular flexibility index (Phi) is 7.43. The third kappa shape index (κ3) is 5.01. The van der Waals surface area contributed by atoms with Crippen LogP contribution in [0.25, 0.3) is 97.2 Å². The van der Waals surface area contributed by atoms with E-state index in [0.29, 0.717) is 0 Å². The summed E-state index contributed by atoms with van der Waals surface area (Å²) in [5.41, 5.74) is 11.4. The number of hydrogen-bond donors (Lipinski definition) is 0. The molecular formula is C56H38OS. The Morgan fingerprint density at radius 2 is 1.26 bits per heavy atom. The molecule has 2 atom stereocenters. The minimum atomic E-state index is 0.0715. The highest BCUT2D eigenvalue weighted by Crippen LogP contribution is 2.50. The number of ether oxygens (including phenoxy) is 1. The van der Waals surface area contributed by atoms with Crippen LogP contribution >= 0.6 is 11.3 Å². The summed E-state index contributed by atoms with van der Waals surface area (Å²) in [4.78, 5) is 0. The van der Waals surface area contributed by atoms with Crippen molar-refractivity contribution in [3.63, 3.8) is 0 Å². The third-order valence-corrected chi connectivity index (χ3v) is 13.8. The zero-order valence-electron chi connectivity index (χ0n) is 32.3. The molecule has 0 fully saturated rings. The molecule has 58 heavy (non-hydrogen) atoms. The van der Waals surface area contributed by atoms with Gasteiger partial charge in [-0.05, 0) is 114 Å². The maximum Gasteiger partial charge on any atom is 0.132 e. The van der Waals surface area contributed by atoms with Crippen molar-refractivity contribution in [1.82, 2.24) is 0 Å². The van der Waals surface area contributed by atoms with Crippen LogP contribution in [0.15, 0.2) is 176 Å². The zero-order valence-corrected chi connectivity index (χ0v) is 33.1. The molecule has 0 spiro atoms. The molecule has 0 amide bonds. The molecular weight excluding hydrogens is 721 g/mol. The summed E-state index contributed by atoms with van der Waals surface area (Å²) >= 11 is 1.88. The lowest BCUT2D eigenvalue weighted by Crippen LogP contribution is -2.15. The van der Waals surface area contributed by atoms with Crippen molar-refractivity contribution >= 4 is 86.2 Å². The number of allylic oxidation sites excluding steroid dienone is 3. The molecule has 2 heteroatoms. The van der Waals surface area contributed by atoms with Gasteiger partial charge in [0.25, 0.3) is 0 Å². The Morgan fingerprint density at radius 1 is 0.569 bits per heavy atom. The predicted molar refractivity (Wildman–Crippen MR) is 250 cm³/mol. The van der Waals surface area contributed by atoms with Gasteiger partial charge in [0.1, 0.15) is 11.9 Å². The van der Waals surface area contributed by atoms with E-state index in [2.05, 4.69) is 196 Å². The van der Waals surface area contributed by atoms with E-state index in [0.717, 1.165) is 5.75 Å². The van der Waals surface area contributed by atoms with E-state index < -0.39 is 0 Å². The predicted octanol–water partition coefficient (Wildman–Crippen LogP) is 15.8. The van der Waals surface area contributed by atoms with Gasteiger partial charge in [0.2, 0.25) is 0 Å². The van der Waals surface area contributed by atoms with Crippen LogP contribution in [0.1, 0.15) is 35.1 Å². The standard InChI is InChI=1S/C56H38OS/c1-33-30-38(39-25-28-48-51(32-39)58-50-29-26-36-24-27-47-41-15-9-10-21-49(41)57-56(47)53(36)55(48)50)23-22-37(33)31-34(2)52-43-16-5-7-18-45(43)54(46-19-8-6-17-44(46)52)42-20-11-13-35-12-3-4-14-40(35)42/h3-32,41,49H,1-2H3/b34-31+. The smallest absolute Gasteiger partial charge is 0.132 e. The van der Waals surface area contributed by atoms with Crippen molar-refractivity contribution in [2.75, 3.05) is 0 Å². The Hall–Kier alpha value is -6.74.